The Hall–Kier alpha value is -3.36. The van der Waals surface area contributed by atoms with Crippen LogP contribution >= 0.6 is 0 Å². The first-order chi connectivity index (χ1) is 19.9. The zero-order valence-electron chi connectivity index (χ0n) is 23.5. The molecule has 6 nitrogen and oxygen atoms in total. The van der Waals surface area contributed by atoms with E-state index in [9.17, 15) is 39.5 Å². The molecule has 1 aliphatic rings. The number of ether oxygens (including phenoxy) is 1. The normalized spacial score (nSPS) is 16.7. The first kappa shape index (κ1) is 32.6. The molecule has 0 amide bonds. The smallest absolute Gasteiger partial charge is 0.374 e. The van der Waals surface area contributed by atoms with E-state index < -0.39 is 59.5 Å². The number of aromatic nitrogens is 4. The molecule has 0 N–H and O–H groups in total. The van der Waals surface area contributed by atoms with Crippen LogP contribution in [-0.4, -0.2) is 27.3 Å². The first-order valence-corrected chi connectivity index (χ1v) is 13.4. The van der Waals surface area contributed by atoms with Gasteiger partial charge in [-0.25, -0.2) is 0 Å². The monoisotopic (exact) mass is 623 g/mol. The van der Waals surface area contributed by atoms with E-state index in [-0.39, 0.29) is 23.5 Å². The molecule has 1 heterocycles. The molecule has 0 saturated heterocycles. The fourth-order valence-electron chi connectivity index (χ4n) is 5.67. The van der Waals surface area contributed by atoms with Crippen molar-refractivity contribution in [2.45, 2.75) is 76.2 Å². The number of methoxy groups -OCH3 is 1. The van der Waals surface area contributed by atoms with Crippen LogP contribution in [0.25, 0.3) is 0 Å². The van der Waals surface area contributed by atoms with Gasteiger partial charge in [0, 0.05) is 20.2 Å². The lowest BCUT2D eigenvalue weighted by Gasteiger charge is -2.41. The summed E-state index contributed by atoms with van der Waals surface area (Å²) in [5.41, 5.74) is -4.91. The highest BCUT2D eigenvalue weighted by Gasteiger charge is 2.41. The van der Waals surface area contributed by atoms with E-state index in [0.29, 0.717) is 17.7 Å². The molecule has 1 fully saturated rings. The van der Waals surface area contributed by atoms with Crippen LogP contribution in [0.5, 0.6) is 0 Å². The van der Waals surface area contributed by atoms with Crippen molar-refractivity contribution in [1.82, 2.24) is 20.2 Å². The van der Waals surface area contributed by atoms with E-state index in [0.717, 1.165) is 49.0 Å². The highest BCUT2D eigenvalue weighted by molar-refractivity contribution is 5.43. The molecule has 0 radical (unpaired) electrons. The van der Waals surface area contributed by atoms with E-state index in [2.05, 4.69) is 15.4 Å². The molecule has 1 saturated carbocycles. The average molecular weight is 624 g/mol. The van der Waals surface area contributed by atoms with Gasteiger partial charge < -0.3 is 9.64 Å². The minimum atomic E-state index is -5.08. The largest absolute Gasteiger partial charge is 0.416 e. The fraction of sp³-hybridized carbons (Fsp3) is 0.536. The molecule has 4 rings (SSSR count). The standard InChI is InChI=1S/C28H30F9N5O/c1-25(43-3,19-7-5-4-6-8-19)23-10-9-20(26(29,30)31)13-18(23)16-42(24-38-40-41(2)39-24)15-17-11-21(27(32,33)34)14-22(12-17)28(35,36)37/h9-14,19H,4-8,15-16H2,1-3H3. The molecule has 3 aromatic rings. The van der Waals surface area contributed by atoms with Crippen LogP contribution in [0.4, 0.5) is 45.5 Å². The molecule has 0 aliphatic heterocycles. The number of rotatable bonds is 8. The quantitative estimate of drug-likeness (QED) is 0.239. The summed E-state index contributed by atoms with van der Waals surface area (Å²) in [5, 5.41) is 11.6. The molecule has 0 spiro atoms. The highest BCUT2D eigenvalue weighted by atomic mass is 19.4. The lowest BCUT2D eigenvalue weighted by Crippen LogP contribution is -2.37. The zero-order valence-corrected chi connectivity index (χ0v) is 23.5. The van der Waals surface area contributed by atoms with Gasteiger partial charge in [-0.1, -0.05) is 30.4 Å². The Balaban J connectivity index is 1.85. The number of aryl methyl sites for hydroxylation is 1. The average Bonchev–Trinajstić information content (AvgIpc) is 3.37. The third-order valence-corrected chi connectivity index (χ3v) is 7.94. The summed E-state index contributed by atoms with van der Waals surface area (Å²) in [6.07, 6.45) is -10.5. The Bertz CT molecular complexity index is 1380. The van der Waals surface area contributed by atoms with E-state index in [1.165, 1.54) is 25.1 Å². The van der Waals surface area contributed by atoms with Crippen molar-refractivity contribution in [1.29, 1.82) is 0 Å². The van der Waals surface area contributed by atoms with Crippen LogP contribution in [0.1, 0.15) is 72.4 Å². The van der Waals surface area contributed by atoms with Crippen molar-refractivity contribution in [2.24, 2.45) is 13.0 Å². The molecule has 1 atom stereocenters. The highest BCUT2D eigenvalue weighted by Crippen LogP contribution is 2.44. The van der Waals surface area contributed by atoms with Gasteiger partial charge in [0.15, 0.2) is 0 Å². The van der Waals surface area contributed by atoms with Crippen LogP contribution in [0.3, 0.4) is 0 Å². The Kier molecular flexibility index (Phi) is 9.06. The Morgan fingerprint density at radius 2 is 1.40 bits per heavy atom. The number of nitrogens with zero attached hydrogens (tertiary/aromatic N) is 5. The van der Waals surface area contributed by atoms with Crippen LogP contribution < -0.4 is 4.90 Å². The molecule has 15 heteroatoms. The van der Waals surface area contributed by atoms with Crippen molar-refractivity contribution in [2.75, 3.05) is 12.0 Å². The van der Waals surface area contributed by atoms with Gasteiger partial charge in [-0.2, -0.15) is 44.3 Å². The second kappa shape index (κ2) is 12.0. The number of benzene rings is 2. The number of anilines is 1. The Morgan fingerprint density at radius 3 is 1.88 bits per heavy atom. The number of hydrogen-bond acceptors (Lipinski definition) is 5. The van der Waals surface area contributed by atoms with Crippen molar-refractivity contribution in [3.8, 4) is 0 Å². The second-order valence-electron chi connectivity index (χ2n) is 10.9. The second-order valence-corrected chi connectivity index (χ2v) is 10.9. The summed E-state index contributed by atoms with van der Waals surface area (Å²) in [7, 11) is 2.85. The summed E-state index contributed by atoms with van der Waals surface area (Å²) in [6.45, 7) is 0.790. The molecular weight excluding hydrogens is 593 g/mol. The van der Waals surface area contributed by atoms with Crippen LogP contribution in [0.15, 0.2) is 36.4 Å². The summed E-state index contributed by atoms with van der Waals surface area (Å²) < 4.78 is 129. The maximum Gasteiger partial charge on any atom is 0.416 e. The van der Waals surface area contributed by atoms with E-state index in [1.54, 1.807) is 6.92 Å². The summed E-state index contributed by atoms with van der Waals surface area (Å²) in [5.74, 6) is -0.240. The van der Waals surface area contributed by atoms with Gasteiger partial charge in [0.25, 0.3) is 5.95 Å². The van der Waals surface area contributed by atoms with Gasteiger partial charge in [0.05, 0.1) is 29.3 Å². The maximum absolute atomic E-state index is 13.9. The third-order valence-electron chi connectivity index (χ3n) is 7.94. The molecule has 236 valence electrons. The molecular formula is C28H30F9N5O. The van der Waals surface area contributed by atoms with Gasteiger partial charge in [-0.3, -0.25) is 0 Å². The Morgan fingerprint density at radius 1 is 0.814 bits per heavy atom. The molecule has 1 aromatic heterocycles. The molecule has 0 bridgehead atoms. The lowest BCUT2D eigenvalue weighted by molar-refractivity contribution is -0.143. The predicted octanol–water partition coefficient (Wildman–Crippen LogP) is 7.92. The van der Waals surface area contributed by atoms with Gasteiger partial charge in [-0.15, -0.1) is 5.10 Å². The number of tetrazole rings is 1. The maximum atomic E-state index is 13.9. The van der Waals surface area contributed by atoms with Gasteiger partial charge >= 0.3 is 18.5 Å². The van der Waals surface area contributed by atoms with Crippen LogP contribution in [0, 0.1) is 5.92 Å². The van der Waals surface area contributed by atoms with Crippen molar-refractivity contribution >= 4 is 5.95 Å². The van der Waals surface area contributed by atoms with E-state index in [4.69, 9.17) is 4.74 Å². The summed E-state index contributed by atoms with van der Waals surface area (Å²) in [4.78, 5) is 2.21. The predicted molar refractivity (Wildman–Crippen MR) is 138 cm³/mol. The van der Waals surface area contributed by atoms with Crippen LogP contribution in [-0.2, 0) is 49.0 Å². The fourth-order valence-corrected chi connectivity index (χ4v) is 5.67. The minimum Gasteiger partial charge on any atom is -0.374 e. The van der Waals surface area contributed by atoms with Gasteiger partial charge in [0.1, 0.15) is 0 Å². The van der Waals surface area contributed by atoms with Gasteiger partial charge in [0.2, 0.25) is 0 Å². The summed E-state index contributed by atoms with van der Waals surface area (Å²) in [6, 6.07) is 4.32. The molecule has 2 aromatic carbocycles. The number of hydrogen-bond donors (Lipinski definition) is 0. The topological polar surface area (TPSA) is 56.1 Å². The first-order valence-electron chi connectivity index (χ1n) is 13.4. The third kappa shape index (κ3) is 7.42. The van der Waals surface area contributed by atoms with Gasteiger partial charge in [-0.05, 0) is 77.9 Å². The minimum absolute atomic E-state index is 0.00746. The molecule has 43 heavy (non-hydrogen) atoms. The van der Waals surface area contributed by atoms with Crippen molar-refractivity contribution < 1.29 is 44.3 Å². The van der Waals surface area contributed by atoms with E-state index in [1.807, 2.05) is 0 Å². The zero-order chi connectivity index (χ0) is 31.8. The summed E-state index contributed by atoms with van der Waals surface area (Å²) >= 11 is 0. The van der Waals surface area contributed by atoms with Crippen molar-refractivity contribution in [3.05, 3.63) is 69.8 Å². The number of halogens is 9. The SMILES string of the molecule is COC(C)(c1ccc(C(F)(F)F)cc1CN(Cc1cc(C(F)(F)F)cc(C(F)(F)F)c1)c1nnn(C)n1)C1CCCCC1. The van der Waals surface area contributed by atoms with E-state index >= 15 is 0 Å². The molecule has 1 aliphatic carbocycles. The Labute approximate surface area is 241 Å². The van der Waals surface area contributed by atoms with Crippen LogP contribution in [0.2, 0.25) is 0 Å². The molecule has 1 unspecified atom stereocenters. The lowest BCUT2D eigenvalue weighted by atomic mass is 9.73. The number of alkyl halides is 9. The van der Waals surface area contributed by atoms with Crippen molar-refractivity contribution in [3.63, 3.8) is 0 Å².